The van der Waals surface area contributed by atoms with Gasteiger partial charge in [-0.15, -0.1) is 0 Å². The summed E-state index contributed by atoms with van der Waals surface area (Å²) in [6.07, 6.45) is 2.17. The third kappa shape index (κ3) is 6.14. The van der Waals surface area contributed by atoms with E-state index in [4.69, 9.17) is 9.47 Å². The molecule has 0 N–H and O–H groups in total. The van der Waals surface area contributed by atoms with Crippen molar-refractivity contribution in [1.29, 1.82) is 0 Å². The second-order valence-corrected chi connectivity index (χ2v) is 6.40. The van der Waals surface area contributed by atoms with Gasteiger partial charge >= 0.3 is 11.0 Å². The van der Waals surface area contributed by atoms with Crippen LogP contribution in [0.3, 0.4) is 0 Å². The highest BCUT2D eigenvalue weighted by atomic mass is 32.1. The zero-order chi connectivity index (χ0) is 18.9. The van der Waals surface area contributed by atoms with Gasteiger partial charge in [-0.25, -0.2) is 4.79 Å². The highest BCUT2D eigenvalue weighted by Gasteiger charge is 2.08. The molecule has 2 rings (SSSR count). The standard InChI is InChI=1S/C18H18N2O5S/c1-13(2)18(21)25-11-3-10-24-15-6-4-14(5-7-15)19-12-16-8-9-17(26-16)20(22)23/h4-9,12H,1,3,10-11H2,2H3. The van der Waals surface area contributed by atoms with Crippen molar-refractivity contribution in [2.24, 2.45) is 4.99 Å². The van der Waals surface area contributed by atoms with Crippen molar-refractivity contribution in [3.63, 3.8) is 0 Å². The zero-order valence-corrected chi connectivity index (χ0v) is 15.0. The molecule has 1 aromatic carbocycles. The van der Waals surface area contributed by atoms with Crippen LogP contribution in [0.2, 0.25) is 0 Å². The van der Waals surface area contributed by atoms with Gasteiger partial charge < -0.3 is 9.47 Å². The lowest BCUT2D eigenvalue weighted by Gasteiger charge is -2.07. The predicted molar refractivity (Wildman–Crippen MR) is 101 cm³/mol. The van der Waals surface area contributed by atoms with E-state index in [1.54, 1.807) is 43.5 Å². The summed E-state index contributed by atoms with van der Waals surface area (Å²) in [5.41, 5.74) is 1.09. The molecule has 0 saturated heterocycles. The van der Waals surface area contributed by atoms with Crippen LogP contribution in [0.4, 0.5) is 10.7 Å². The van der Waals surface area contributed by atoms with Crippen molar-refractivity contribution >= 4 is 34.2 Å². The fraction of sp³-hybridized carbons (Fsp3) is 0.222. The second-order valence-electron chi connectivity index (χ2n) is 5.30. The summed E-state index contributed by atoms with van der Waals surface area (Å²) in [5, 5.41) is 10.7. The minimum absolute atomic E-state index is 0.0872. The summed E-state index contributed by atoms with van der Waals surface area (Å²) >= 11 is 1.07. The Labute approximate surface area is 154 Å². The number of nitrogens with zero attached hydrogens (tertiary/aromatic N) is 2. The van der Waals surface area contributed by atoms with Crippen LogP contribution < -0.4 is 4.74 Å². The molecule has 0 saturated carbocycles. The highest BCUT2D eigenvalue weighted by Crippen LogP contribution is 2.24. The van der Waals surface area contributed by atoms with Gasteiger partial charge in [-0.2, -0.15) is 0 Å². The highest BCUT2D eigenvalue weighted by molar-refractivity contribution is 7.16. The van der Waals surface area contributed by atoms with Gasteiger partial charge in [0.25, 0.3) is 0 Å². The molecule has 1 aromatic heterocycles. The van der Waals surface area contributed by atoms with E-state index in [-0.39, 0.29) is 11.6 Å². The minimum atomic E-state index is -0.423. The first-order chi connectivity index (χ1) is 12.5. The van der Waals surface area contributed by atoms with Crippen LogP contribution in [0.15, 0.2) is 53.5 Å². The Bertz CT molecular complexity index is 811. The van der Waals surface area contributed by atoms with E-state index >= 15 is 0 Å². The number of nitro groups is 1. The van der Waals surface area contributed by atoms with Crippen molar-refractivity contribution in [1.82, 2.24) is 0 Å². The Hall–Kier alpha value is -3.00. The van der Waals surface area contributed by atoms with Crippen LogP contribution >= 0.6 is 11.3 Å². The molecule has 136 valence electrons. The Morgan fingerprint density at radius 3 is 2.62 bits per heavy atom. The molecule has 0 fully saturated rings. The number of hydrogen-bond donors (Lipinski definition) is 0. The van der Waals surface area contributed by atoms with Gasteiger partial charge in [-0.3, -0.25) is 15.1 Å². The molecule has 0 unspecified atom stereocenters. The largest absolute Gasteiger partial charge is 0.493 e. The number of hydrogen-bond acceptors (Lipinski definition) is 7. The Balaban J connectivity index is 1.77. The van der Waals surface area contributed by atoms with Crippen LogP contribution in [-0.4, -0.2) is 30.3 Å². The molecular formula is C18H18N2O5S. The first-order valence-corrected chi connectivity index (χ1v) is 8.61. The normalized spacial score (nSPS) is 10.7. The average molecular weight is 374 g/mol. The fourth-order valence-electron chi connectivity index (χ4n) is 1.81. The van der Waals surface area contributed by atoms with Gasteiger partial charge in [0.15, 0.2) is 0 Å². The van der Waals surface area contributed by atoms with Crippen LogP contribution in [-0.2, 0) is 9.53 Å². The molecule has 8 heteroatoms. The Morgan fingerprint density at radius 2 is 2.00 bits per heavy atom. The molecule has 2 aromatic rings. The lowest BCUT2D eigenvalue weighted by molar-refractivity contribution is -0.380. The molecule has 0 aliphatic carbocycles. The number of ether oxygens (including phenoxy) is 2. The summed E-state index contributed by atoms with van der Waals surface area (Å²) in [6, 6.07) is 10.2. The van der Waals surface area contributed by atoms with Crippen molar-refractivity contribution in [3.8, 4) is 5.75 Å². The summed E-state index contributed by atoms with van der Waals surface area (Å²) < 4.78 is 10.5. The molecule has 0 atom stereocenters. The SMILES string of the molecule is C=C(C)C(=O)OCCCOc1ccc(N=Cc2ccc([N+](=O)[O-])s2)cc1. The molecule has 0 amide bonds. The molecule has 1 heterocycles. The van der Waals surface area contributed by atoms with E-state index < -0.39 is 10.9 Å². The molecule has 0 spiro atoms. The van der Waals surface area contributed by atoms with Gasteiger partial charge in [0.1, 0.15) is 5.75 Å². The molecule has 0 aliphatic rings. The van der Waals surface area contributed by atoms with Gasteiger partial charge in [0.05, 0.1) is 28.7 Å². The maximum Gasteiger partial charge on any atom is 0.333 e. The Morgan fingerprint density at radius 1 is 1.27 bits per heavy atom. The van der Waals surface area contributed by atoms with Crippen LogP contribution in [0, 0.1) is 10.1 Å². The van der Waals surface area contributed by atoms with E-state index in [1.165, 1.54) is 6.07 Å². The summed E-state index contributed by atoms with van der Waals surface area (Å²) in [6.45, 7) is 5.81. The lowest BCUT2D eigenvalue weighted by atomic mass is 10.3. The zero-order valence-electron chi connectivity index (χ0n) is 14.2. The van der Waals surface area contributed by atoms with Crippen molar-refractivity contribution in [3.05, 3.63) is 63.5 Å². The first kappa shape index (κ1) is 19.3. The van der Waals surface area contributed by atoms with Crippen LogP contribution in [0.1, 0.15) is 18.2 Å². The average Bonchev–Trinajstić information content (AvgIpc) is 3.10. The van der Waals surface area contributed by atoms with Crippen molar-refractivity contribution in [2.45, 2.75) is 13.3 Å². The van der Waals surface area contributed by atoms with Crippen LogP contribution in [0.5, 0.6) is 5.75 Å². The quantitative estimate of drug-likeness (QED) is 0.163. The number of rotatable bonds is 9. The summed E-state index contributed by atoms with van der Waals surface area (Å²) in [4.78, 5) is 26.4. The monoisotopic (exact) mass is 374 g/mol. The van der Waals surface area contributed by atoms with Gasteiger partial charge in [0, 0.05) is 24.3 Å². The molecule has 0 bridgehead atoms. The number of thiophene rings is 1. The molecule has 7 nitrogen and oxygen atoms in total. The van der Waals surface area contributed by atoms with E-state index in [1.807, 2.05) is 0 Å². The number of carbonyl (C=O) groups is 1. The summed E-state index contributed by atoms with van der Waals surface area (Å²) in [5.74, 6) is 0.283. The van der Waals surface area contributed by atoms with Gasteiger partial charge in [-0.05, 0) is 37.3 Å². The lowest BCUT2D eigenvalue weighted by Crippen LogP contribution is -2.09. The number of benzene rings is 1. The molecule has 0 radical (unpaired) electrons. The van der Waals surface area contributed by atoms with E-state index in [2.05, 4.69) is 11.6 Å². The fourth-order valence-corrected chi connectivity index (χ4v) is 2.51. The maximum atomic E-state index is 11.2. The number of carbonyl (C=O) groups excluding carboxylic acids is 1. The first-order valence-electron chi connectivity index (χ1n) is 7.79. The molecule has 0 aliphatic heterocycles. The number of esters is 1. The van der Waals surface area contributed by atoms with Gasteiger partial charge in [-0.1, -0.05) is 17.9 Å². The smallest absolute Gasteiger partial charge is 0.333 e. The summed E-state index contributed by atoms with van der Waals surface area (Å²) in [7, 11) is 0. The second kappa shape index (κ2) is 9.47. The van der Waals surface area contributed by atoms with Crippen LogP contribution in [0.25, 0.3) is 0 Å². The maximum absolute atomic E-state index is 11.2. The third-order valence-electron chi connectivity index (χ3n) is 3.11. The minimum Gasteiger partial charge on any atom is -0.493 e. The predicted octanol–water partition coefficient (Wildman–Crippen LogP) is 4.30. The van der Waals surface area contributed by atoms with E-state index in [9.17, 15) is 14.9 Å². The third-order valence-corrected chi connectivity index (χ3v) is 4.08. The van der Waals surface area contributed by atoms with E-state index in [0.717, 1.165) is 11.3 Å². The van der Waals surface area contributed by atoms with Gasteiger partial charge in [0.2, 0.25) is 0 Å². The van der Waals surface area contributed by atoms with E-state index in [0.29, 0.717) is 34.9 Å². The molecule has 26 heavy (non-hydrogen) atoms. The topological polar surface area (TPSA) is 91.0 Å². The molecular weight excluding hydrogens is 356 g/mol. The van der Waals surface area contributed by atoms with Crippen molar-refractivity contribution < 1.29 is 19.2 Å². The number of aliphatic imine (C=N–C) groups is 1. The van der Waals surface area contributed by atoms with Crippen molar-refractivity contribution in [2.75, 3.05) is 13.2 Å². The Kier molecular flexibility index (Phi) is 7.04.